The maximum Gasteiger partial charge on any atom is 0.0493 e. The van der Waals surface area contributed by atoms with E-state index in [4.69, 9.17) is 4.74 Å². The van der Waals surface area contributed by atoms with Crippen molar-refractivity contribution >= 4 is 15.9 Å². The van der Waals surface area contributed by atoms with Crippen molar-refractivity contribution < 1.29 is 4.74 Å². The summed E-state index contributed by atoms with van der Waals surface area (Å²) in [6.07, 6.45) is 5.17. The van der Waals surface area contributed by atoms with Crippen LogP contribution in [0.5, 0.6) is 0 Å². The summed E-state index contributed by atoms with van der Waals surface area (Å²) in [4.78, 5) is 0. The normalized spacial score (nSPS) is 17.8. The molecule has 2 atom stereocenters. The highest BCUT2D eigenvalue weighted by molar-refractivity contribution is 9.09. The van der Waals surface area contributed by atoms with Crippen molar-refractivity contribution in [2.45, 2.75) is 46.5 Å². The lowest BCUT2D eigenvalue weighted by molar-refractivity contribution is 0.0743. The van der Waals surface area contributed by atoms with E-state index in [0.29, 0.717) is 11.3 Å². The third-order valence-corrected chi connectivity index (χ3v) is 4.58. The summed E-state index contributed by atoms with van der Waals surface area (Å²) in [6.45, 7) is 7.74. The van der Waals surface area contributed by atoms with E-state index in [9.17, 15) is 0 Å². The lowest BCUT2D eigenvalue weighted by Crippen LogP contribution is -2.32. The van der Waals surface area contributed by atoms with E-state index < -0.39 is 0 Å². The molecule has 14 heavy (non-hydrogen) atoms. The van der Waals surface area contributed by atoms with E-state index in [2.05, 4.69) is 36.7 Å². The fraction of sp³-hybridized carbons (Fsp3) is 1.00. The van der Waals surface area contributed by atoms with Crippen molar-refractivity contribution in [2.24, 2.45) is 11.3 Å². The van der Waals surface area contributed by atoms with E-state index in [0.717, 1.165) is 11.9 Å². The number of unbranched alkanes of at least 4 members (excludes halogenated alkanes) is 1. The monoisotopic (exact) mass is 264 g/mol. The number of hydrogen-bond acceptors (Lipinski definition) is 1. The minimum absolute atomic E-state index is 0.437. The van der Waals surface area contributed by atoms with Gasteiger partial charge in [-0.15, -0.1) is 0 Å². The van der Waals surface area contributed by atoms with Gasteiger partial charge in [-0.3, -0.25) is 0 Å². The number of ether oxygens (including phenoxy) is 1. The Morgan fingerprint density at radius 2 is 2.00 bits per heavy atom. The van der Waals surface area contributed by atoms with Gasteiger partial charge in [0.1, 0.15) is 0 Å². The molecule has 0 aromatic rings. The van der Waals surface area contributed by atoms with Crippen LogP contribution in [0.4, 0.5) is 0 Å². The van der Waals surface area contributed by atoms with Crippen LogP contribution in [-0.2, 0) is 4.74 Å². The maximum absolute atomic E-state index is 5.27. The SMILES string of the molecule is CCCCC(CC)(CBr)C(C)COC. The van der Waals surface area contributed by atoms with Crippen LogP contribution in [0, 0.1) is 11.3 Å². The Morgan fingerprint density at radius 3 is 2.36 bits per heavy atom. The molecule has 0 aromatic carbocycles. The molecule has 86 valence electrons. The van der Waals surface area contributed by atoms with Crippen molar-refractivity contribution in [3.05, 3.63) is 0 Å². The van der Waals surface area contributed by atoms with Gasteiger partial charge in [-0.25, -0.2) is 0 Å². The predicted molar refractivity (Wildman–Crippen MR) is 67.1 cm³/mol. The van der Waals surface area contributed by atoms with Gasteiger partial charge in [0, 0.05) is 19.0 Å². The van der Waals surface area contributed by atoms with Crippen LogP contribution in [0.25, 0.3) is 0 Å². The quantitative estimate of drug-likeness (QED) is 0.596. The van der Waals surface area contributed by atoms with Gasteiger partial charge in [-0.1, -0.05) is 49.5 Å². The van der Waals surface area contributed by atoms with E-state index in [1.165, 1.54) is 25.7 Å². The molecule has 0 aliphatic heterocycles. The summed E-state index contributed by atoms with van der Waals surface area (Å²) < 4.78 is 5.27. The summed E-state index contributed by atoms with van der Waals surface area (Å²) in [5, 5.41) is 1.10. The van der Waals surface area contributed by atoms with Gasteiger partial charge in [0.25, 0.3) is 0 Å². The molecule has 0 spiro atoms. The molecule has 2 heteroatoms. The fourth-order valence-electron chi connectivity index (χ4n) is 2.02. The molecule has 0 heterocycles. The summed E-state index contributed by atoms with van der Waals surface area (Å²) in [6, 6.07) is 0. The van der Waals surface area contributed by atoms with E-state index in [1.54, 1.807) is 7.11 Å². The number of hydrogen-bond donors (Lipinski definition) is 0. The highest BCUT2D eigenvalue weighted by atomic mass is 79.9. The summed E-state index contributed by atoms with van der Waals surface area (Å²) >= 11 is 3.68. The Balaban J connectivity index is 4.33. The average molecular weight is 265 g/mol. The highest BCUT2D eigenvalue weighted by Gasteiger charge is 2.32. The second kappa shape index (κ2) is 7.70. The Hall–Kier alpha value is 0.440. The van der Waals surface area contributed by atoms with Gasteiger partial charge in [-0.05, 0) is 24.2 Å². The van der Waals surface area contributed by atoms with Gasteiger partial charge in [-0.2, -0.15) is 0 Å². The van der Waals surface area contributed by atoms with Crippen molar-refractivity contribution in [2.75, 3.05) is 19.0 Å². The molecule has 1 nitrogen and oxygen atoms in total. The van der Waals surface area contributed by atoms with Gasteiger partial charge in [0.05, 0.1) is 0 Å². The zero-order valence-corrected chi connectivity index (χ0v) is 11.7. The van der Waals surface area contributed by atoms with Crippen LogP contribution in [0.3, 0.4) is 0 Å². The first-order valence-corrected chi connectivity index (χ1v) is 6.83. The van der Waals surface area contributed by atoms with Crippen molar-refractivity contribution in [3.8, 4) is 0 Å². The molecule has 0 aromatic heterocycles. The lowest BCUT2D eigenvalue weighted by Gasteiger charge is -2.37. The first-order chi connectivity index (χ1) is 6.66. The molecule has 0 saturated carbocycles. The van der Waals surface area contributed by atoms with Gasteiger partial charge >= 0.3 is 0 Å². The topological polar surface area (TPSA) is 9.23 Å². The third kappa shape index (κ3) is 3.90. The molecular weight excluding hydrogens is 240 g/mol. The van der Waals surface area contributed by atoms with Crippen LogP contribution >= 0.6 is 15.9 Å². The van der Waals surface area contributed by atoms with Crippen molar-refractivity contribution in [1.29, 1.82) is 0 Å². The third-order valence-electron chi connectivity index (χ3n) is 3.46. The summed E-state index contributed by atoms with van der Waals surface area (Å²) in [5.41, 5.74) is 0.437. The molecule has 0 aliphatic carbocycles. The first-order valence-electron chi connectivity index (χ1n) is 5.71. The Kier molecular flexibility index (Phi) is 7.94. The Labute approximate surface area is 97.7 Å². The molecule has 0 N–H and O–H groups in total. The van der Waals surface area contributed by atoms with Crippen LogP contribution in [0.2, 0.25) is 0 Å². The number of methoxy groups -OCH3 is 1. The van der Waals surface area contributed by atoms with Gasteiger partial charge in [0.15, 0.2) is 0 Å². The molecule has 0 aliphatic rings. The van der Waals surface area contributed by atoms with Crippen LogP contribution in [0.15, 0.2) is 0 Å². The zero-order chi connectivity index (χ0) is 11.0. The van der Waals surface area contributed by atoms with Crippen molar-refractivity contribution in [3.63, 3.8) is 0 Å². The highest BCUT2D eigenvalue weighted by Crippen LogP contribution is 2.38. The molecule has 0 amide bonds. The molecular formula is C12H25BrO. The fourth-order valence-corrected chi connectivity index (χ4v) is 3.25. The second-order valence-corrected chi connectivity index (χ2v) is 4.87. The molecule has 0 radical (unpaired) electrons. The van der Waals surface area contributed by atoms with Crippen LogP contribution in [-0.4, -0.2) is 19.0 Å². The number of alkyl halides is 1. The van der Waals surface area contributed by atoms with E-state index in [1.807, 2.05) is 0 Å². The molecule has 2 unspecified atom stereocenters. The van der Waals surface area contributed by atoms with Crippen LogP contribution < -0.4 is 0 Å². The number of halogens is 1. The first kappa shape index (κ1) is 14.4. The van der Waals surface area contributed by atoms with Gasteiger partial charge < -0.3 is 4.74 Å². The molecule has 0 fully saturated rings. The van der Waals surface area contributed by atoms with E-state index in [-0.39, 0.29) is 0 Å². The standard InChI is InChI=1S/C12H25BrO/c1-5-7-8-12(6-2,10-13)11(3)9-14-4/h11H,5-10H2,1-4H3. The number of rotatable bonds is 8. The predicted octanol–water partition coefficient (Wildman–Crippen LogP) is 4.25. The zero-order valence-electron chi connectivity index (χ0n) is 10.1. The van der Waals surface area contributed by atoms with Crippen molar-refractivity contribution in [1.82, 2.24) is 0 Å². The largest absolute Gasteiger partial charge is 0.384 e. The summed E-state index contributed by atoms with van der Waals surface area (Å²) in [7, 11) is 1.80. The maximum atomic E-state index is 5.27. The van der Waals surface area contributed by atoms with Crippen LogP contribution in [0.1, 0.15) is 46.5 Å². The molecule has 0 rings (SSSR count). The Bertz CT molecular complexity index is 132. The van der Waals surface area contributed by atoms with E-state index >= 15 is 0 Å². The average Bonchev–Trinajstić information content (AvgIpc) is 2.21. The minimum atomic E-state index is 0.437. The molecule has 0 bridgehead atoms. The summed E-state index contributed by atoms with van der Waals surface area (Å²) in [5.74, 6) is 0.642. The molecule has 0 saturated heterocycles. The second-order valence-electron chi connectivity index (χ2n) is 4.31. The smallest absolute Gasteiger partial charge is 0.0493 e. The lowest BCUT2D eigenvalue weighted by atomic mass is 9.72. The minimum Gasteiger partial charge on any atom is -0.384 e. The van der Waals surface area contributed by atoms with Gasteiger partial charge in [0.2, 0.25) is 0 Å². The Morgan fingerprint density at radius 1 is 1.36 bits per heavy atom.